The maximum Gasteiger partial charge on any atom is 0.150 e. The van der Waals surface area contributed by atoms with Gasteiger partial charge in [-0.1, -0.05) is 13.8 Å². The molecule has 1 fully saturated rings. The summed E-state index contributed by atoms with van der Waals surface area (Å²) in [6.07, 6.45) is 2.34. The zero-order valence-electron chi connectivity index (χ0n) is 11.5. The molecule has 0 unspecified atom stereocenters. The zero-order chi connectivity index (χ0) is 12.5. The summed E-state index contributed by atoms with van der Waals surface area (Å²) in [5.74, 6) is 1.12. The third-order valence-electron chi connectivity index (χ3n) is 4.15. The molecule has 4 heteroatoms. The third kappa shape index (κ3) is 2.32. The van der Waals surface area contributed by atoms with Crippen molar-refractivity contribution in [3.8, 4) is 0 Å². The first kappa shape index (κ1) is 12.4. The van der Waals surface area contributed by atoms with Gasteiger partial charge in [-0.15, -0.1) is 0 Å². The van der Waals surface area contributed by atoms with Crippen molar-refractivity contribution in [3.05, 3.63) is 11.8 Å². The molecule has 96 valence electrons. The van der Waals surface area contributed by atoms with Gasteiger partial charge < -0.3 is 10.2 Å². The lowest BCUT2D eigenvalue weighted by atomic mass is 9.90. The number of nitrogens with zero attached hydrogens (tertiary/aromatic N) is 3. The van der Waals surface area contributed by atoms with E-state index in [1.807, 2.05) is 11.7 Å². The lowest BCUT2D eigenvalue weighted by molar-refractivity contribution is 0.276. The highest BCUT2D eigenvalue weighted by molar-refractivity contribution is 5.41. The molecule has 0 spiro atoms. The van der Waals surface area contributed by atoms with Crippen molar-refractivity contribution in [2.75, 3.05) is 24.5 Å². The number of aryl methyl sites for hydroxylation is 2. The number of anilines is 1. The first-order valence-electron chi connectivity index (χ1n) is 6.61. The molecule has 1 N–H and O–H groups in total. The van der Waals surface area contributed by atoms with Gasteiger partial charge in [-0.3, -0.25) is 4.68 Å². The fraction of sp³-hybridized carbons (Fsp3) is 0.769. The maximum atomic E-state index is 4.58. The van der Waals surface area contributed by atoms with E-state index in [1.165, 1.54) is 18.5 Å². The Morgan fingerprint density at radius 3 is 2.65 bits per heavy atom. The van der Waals surface area contributed by atoms with Crippen LogP contribution in [0, 0.1) is 6.92 Å². The minimum Gasteiger partial charge on any atom is -0.352 e. The van der Waals surface area contributed by atoms with Gasteiger partial charge in [-0.2, -0.15) is 5.10 Å². The number of piperazine rings is 1. The van der Waals surface area contributed by atoms with Crippen LogP contribution in [-0.4, -0.2) is 35.0 Å². The number of nitrogens with one attached hydrogen (secondary N) is 1. The molecule has 1 saturated heterocycles. The largest absolute Gasteiger partial charge is 0.352 e. The fourth-order valence-corrected chi connectivity index (χ4v) is 2.57. The highest BCUT2D eigenvalue weighted by Gasteiger charge is 2.32. The number of hydrogen-bond donors (Lipinski definition) is 1. The molecule has 0 aliphatic carbocycles. The Balaban J connectivity index is 2.17. The van der Waals surface area contributed by atoms with E-state index in [0.29, 0.717) is 0 Å². The van der Waals surface area contributed by atoms with Gasteiger partial charge in [0.1, 0.15) is 0 Å². The highest BCUT2D eigenvalue weighted by Crippen LogP contribution is 2.24. The smallest absolute Gasteiger partial charge is 0.150 e. The molecule has 0 saturated carbocycles. The number of rotatable bonds is 3. The summed E-state index contributed by atoms with van der Waals surface area (Å²) < 4.78 is 1.96. The number of hydrogen-bond acceptors (Lipinski definition) is 3. The Morgan fingerprint density at radius 2 is 2.12 bits per heavy atom. The summed E-state index contributed by atoms with van der Waals surface area (Å²) in [6.45, 7) is 9.81. The van der Waals surface area contributed by atoms with E-state index < -0.39 is 0 Å². The Kier molecular flexibility index (Phi) is 3.43. The maximum absolute atomic E-state index is 4.58. The quantitative estimate of drug-likeness (QED) is 0.867. The van der Waals surface area contributed by atoms with Gasteiger partial charge in [-0.05, 0) is 19.8 Å². The van der Waals surface area contributed by atoms with Crippen LogP contribution in [0.5, 0.6) is 0 Å². The summed E-state index contributed by atoms with van der Waals surface area (Å²) in [4.78, 5) is 2.41. The normalized spacial score (nSPS) is 19.6. The molecule has 0 aromatic carbocycles. The zero-order valence-corrected chi connectivity index (χ0v) is 11.5. The second kappa shape index (κ2) is 4.69. The molecule has 0 radical (unpaired) electrons. The second-order valence-electron chi connectivity index (χ2n) is 5.10. The van der Waals surface area contributed by atoms with Crippen molar-refractivity contribution in [3.63, 3.8) is 0 Å². The fourth-order valence-electron chi connectivity index (χ4n) is 2.57. The van der Waals surface area contributed by atoms with E-state index in [1.54, 1.807) is 0 Å². The van der Waals surface area contributed by atoms with Crippen LogP contribution in [0.15, 0.2) is 6.07 Å². The van der Waals surface area contributed by atoms with Crippen molar-refractivity contribution < 1.29 is 0 Å². The molecule has 1 aliphatic rings. The van der Waals surface area contributed by atoms with Crippen molar-refractivity contribution in [1.29, 1.82) is 0 Å². The molecule has 4 nitrogen and oxygen atoms in total. The molecule has 0 amide bonds. The predicted octanol–water partition coefficient (Wildman–Crippen LogP) is 1.70. The van der Waals surface area contributed by atoms with Gasteiger partial charge in [0.05, 0.1) is 0 Å². The van der Waals surface area contributed by atoms with E-state index in [9.17, 15) is 0 Å². The molecule has 2 rings (SSSR count). The van der Waals surface area contributed by atoms with E-state index in [2.05, 4.69) is 42.2 Å². The Bertz CT molecular complexity index is 359. The van der Waals surface area contributed by atoms with E-state index >= 15 is 0 Å². The monoisotopic (exact) mass is 236 g/mol. The summed E-state index contributed by atoms with van der Waals surface area (Å²) in [7, 11) is 2.01. The molecule has 1 aromatic heterocycles. The van der Waals surface area contributed by atoms with Crippen molar-refractivity contribution in [2.45, 2.75) is 39.2 Å². The summed E-state index contributed by atoms with van der Waals surface area (Å²) in [5.41, 5.74) is 1.49. The molecule has 1 aliphatic heterocycles. The third-order valence-corrected chi connectivity index (χ3v) is 4.15. The number of aromatic nitrogens is 2. The molecular weight excluding hydrogens is 212 g/mol. The van der Waals surface area contributed by atoms with Crippen LogP contribution < -0.4 is 10.2 Å². The SMILES string of the molecule is CCC1(CC)CN(c2cc(C)n(C)n2)CCN1. The van der Waals surface area contributed by atoms with E-state index in [4.69, 9.17) is 0 Å². The minimum absolute atomic E-state index is 0.268. The summed E-state index contributed by atoms with van der Waals surface area (Å²) in [6, 6.07) is 2.18. The minimum atomic E-state index is 0.268. The Labute approximate surface area is 104 Å². The second-order valence-corrected chi connectivity index (χ2v) is 5.10. The van der Waals surface area contributed by atoms with Gasteiger partial charge in [0.25, 0.3) is 0 Å². The van der Waals surface area contributed by atoms with Gasteiger partial charge in [0.2, 0.25) is 0 Å². The van der Waals surface area contributed by atoms with Gasteiger partial charge in [0, 0.05) is 44.0 Å². The average molecular weight is 236 g/mol. The summed E-state index contributed by atoms with van der Waals surface area (Å²) >= 11 is 0. The lowest BCUT2D eigenvalue weighted by Gasteiger charge is -2.43. The van der Waals surface area contributed by atoms with Crippen molar-refractivity contribution >= 4 is 5.82 Å². The lowest BCUT2D eigenvalue weighted by Crippen LogP contribution is -2.60. The van der Waals surface area contributed by atoms with Crippen LogP contribution in [0.2, 0.25) is 0 Å². The molecule has 1 aromatic rings. The first-order chi connectivity index (χ1) is 8.10. The van der Waals surface area contributed by atoms with Crippen molar-refractivity contribution in [2.24, 2.45) is 7.05 Å². The van der Waals surface area contributed by atoms with Crippen LogP contribution in [0.1, 0.15) is 32.4 Å². The Morgan fingerprint density at radius 1 is 1.41 bits per heavy atom. The van der Waals surface area contributed by atoms with Gasteiger partial charge in [0.15, 0.2) is 5.82 Å². The first-order valence-corrected chi connectivity index (χ1v) is 6.61. The predicted molar refractivity (Wildman–Crippen MR) is 71.5 cm³/mol. The molecule has 0 bridgehead atoms. The molecule has 2 heterocycles. The van der Waals surface area contributed by atoms with Gasteiger partial charge >= 0.3 is 0 Å². The Hall–Kier alpha value is -1.03. The van der Waals surface area contributed by atoms with E-state index in [-0.39, 0.29) is 5.54 Å². The van der Waals surface area contributed by atoms with Crippen LogP contribution in [0.4, 0.5) is 5.82 Å². The van der Waals surface area contributed by atoms with Crippen molar-refractivity contribution in [1.82, 2.24) is 15.1 Å². The van der Waals surface area contributed by atoms with Gasteiger partial charge in [-0.25, -0.2) is 0 Å². The standard InChI is InChI=1S/C13H24N4/c1-5-13(6-2)10-17(8-7-14-13)12-9-11(3)16(4)15-12/h9,14H,5-8,10H2,1-4H3. The average Bonchev–Trinajstić information content (AvgIpc) is 2.70. The van der Waals surface area contributed by atoms with Crippen LogP contribution in [-0.2, 0) is 7.05 Å². The molecular formula is C13H24N4. The van der Waals surface area contributed by atoms with E-state index in [0.717, 1.165) is 25.5 Å². The highest BCUT2D eigenvalue weighted by atomic mass is 15.4. The summed E-state index contributed by atoms with van der Waals surface area (Å²) in [5, 5.41) is 8.26. The topological polar surface area (TPSA) is 33.1 Å². The van der Waals surface area contributed by atoms with Crippen LogP contribution >= 0.6 is 0 Å². The van der Waals surface area contributed by atoms with Crippen LogP contribution in [0.3, 0.4) is 0 Å². The van der Waals surface area contributed by atoms with Crippen LogP contribution in [0.25, 0.3) is 0 Å². The molecule has 0 atom stereocenters. The molecule has 17 heavy (non-hydrogen) atoms.